The van der Waals surface area contributed by atoms with Crippen molar-refractivity contribution in [2.75, 3.05) is 6.54 Å². The third-order valence-electron chi connectivity index (χ3n) is 3.09. The van der Waals surface area contributed by atoms with Gasteiger partial charge in [-0.05, 0) is 43.8 Å². The van der Waals surface area contributed by atoms with Crippen LogP contribution in [-0.4, -0.2) is 6.54 Å². The molecule has 0 aliphatic rings. The van der Waals surface area contributed by atoms with E-state index in [0.29, 0.717) is 18.1 Å². The highest BCUT2D eigenvalue weighted by Gasteiger charge is 2.32. The maximum absolute atomic E-state index is 14.0. The summed E-state index contributed by atoms with van der Waals surface area (Å²) in [6.07, 6.45) is -4.52. The van der Waals surface area contributed by atoms with E-state index >= 15 is 0 Å². The molecular formula is C15H15F4NO. The monoisotopic (exact) mass is 301 g/mol. The zero-order valence-electron chi connectivity index (χ0n) is 11.6. The third-order valence-corrected chi connectivity index (χ3v) is 3.09. The Kier molecular flexibility index (Phi) is 4.37. The lowest BCUT2D eigenvalue weighted by molar-refractivity contribution is -0.137. The number of benzene rings is 1. The lowest BCUT2D eigenvalue weighted by Crippen LogP contribution is -2.23. The van der Waals surface area contributed by atoms with Crippen molar-refractivity contribution in [1.29, 1.82) is 0 Å². The number of rotatable bonds is 4. The number of hydrogen-bond donors (Lipinski definition) is 1. The van der Waals surface area contributed by atoms with Gasteiger partial charge in [0, 0.05) is 5.56 Å². The summed E-state index contributed by atoms with van der Waals surface area (Å²) in [5.74, 6) is 0.288. The van der Waals surface area contributed by atoms with E-state index in [1.165, 1.54) is 0 Å². The fraction of sp³-hybridized carbons (Fsp3) is 0.333. The van der Waals surface area contributed by atoms with Gasteiger partial charge < -0.3 is 9.73 Å². The van der Waals surface area contributed by atoms with Gasteiger partial charge in [0.05, 0.1) is 11.6 Å². The molecule has 1 N–H and O–H groups in total. The molecule has 1 atom stereocenters. The van der Waals surface area contributed by atoms with E-state index in [0.717, 1.165) is 18.2 Å². The summed E-state index contributed by atoms with van der Waals surface area (Å²) < 4.78 is 57.8. The average molecular weight is 301 g/mol. The highest BCUT2D eigenvalue weighted by atomic mass is 19.4. The van der Waals surface area contributed by atoms with Crippen LogP contribution in [0, 0.1) is 12.7 Å². The van der Waals surface area contributed by atoms with Crippen LogP contribution in [0.25, 0.3) is 0 Å². The molecule has 114 valence electrons. The Morgan fingerprint density at radius 2 is 1.90 bits per heavy atom. The molecule has 21 heavy (non-hydrogen) atoms. The van der Waals surface area contributed by atoms with Crippen molar-refractivity contribution >= 4 is 0 Å². The van der Waals surface area contributed by atoms with Crippen LogP contribution in [0.4, 0.5) is 17.6 Å². The summed E-state index contributed by atoms with van der Waals surface area (Å²) in [6, 6.07) is 4.94. The molecule has 1 aromatic carbocycles. The van der Waals surface area contributed by atoms with Gasteiger partial charge in [0.2, 0.25) is 0 Å². The maximum atomic E-state index is 14.0. The molecule has 2 nitrogen and oxygen atoms in total. The van der Waals surface area contributed by atoms with E-state index in [4.69, 9.17) is 4.42 Å². The minimum atomic E-state index is -4.52. The van der Waals surface area contributed by atoms with Gasteiger partial charge in [-0.25, -0.2) is 4.39 Å². The molecular weight excluding hydrogens is 286 g/mol. The molecule has 6 heteroatoms. The Hall–Kier alpha value is -1.82. The van der Waals surface area contributed by atoms with Crippen LogP contribution < -0.4 is 5.32 Å². The molecule has 2 aromatic rings. The number of alkyl halides is 3. The van der Waals surface area contributed by atoms with Crippen LogP contribution >= 0.6 is 0 Å². The first-order valence-electron chi connectivity index (χ1n) is 6.49. The SMILES string of the molecule is CCNC(c1ccc(C)o1)c1cc(C(F)(F)F)ccc1F. The van der Waals surface area contributed by atoms with E-state index in [2.05, 4.69) is 5.32 Å². The van der Waals surface area contributed by atoms with Gasteiger partial charge in [0.25, 0.3) is 0 Å². The van der Waals surface area contributed by atoms with E-state index < -0.39 is 23.6 Å². The average Bonchev–Trinajstić information content (AvgIpc) is 2.82. The van der Waals surface area contributed by atoms with Crippen LogP contribution in [0.2, 0.25) is 0 Å². The van der Waals surface area contributed by atoms with Gasteiger partial charge >= 0.3 is 6.18 Å². The Morgan fingerprint density at radius 3 is 2.43 bits per heavy atom. The highest BCUT2D eigenvalue weighted by molar-refractivity contribution is 5.33. The Balaban J connectivity index is 2.49. The van der Waals surface area contributed by atoms with Crippen molar-refractivity contribution in [2.45, 2.75) is 26.1 Å². The van der Waals surface area contributed by atoms with E-state index in [9.17, 15) is 17.6 Å². The number of halogens is 4. The molecule has 0 fully saturated rings. The molecule has 0 aliphatic heterocycles. The van der Waals surface area contributed by atoms with Crippen LogP contribution in [0.3, 0.4) is 0 Å². The molecule has 0 saturated carbocycles. The van der Waals surface area contributed by atoms with E-state index in [-0.39, 0.29) is 5.56 Å². The van der Waals surface area contributed by atoms with Gasteiger partial charge in [-0.2, -0.15) is 13.2 Å². The predicted molar refractivity (Wildman–Crippen MR) is 70.4 cm³/mol. The first kappa shape index (κ1) is 15.6. The minimum Gasteiger partial charge on any atom is -0.464 e. The predicted octanol–water partition coefficient (Wildman–Crippen LogP) is 4.44. The highest BCUT2D eigenvalue weighted by Crippen LogP contribution is 2.33. The normalized spacial score (nSPS) is 13.4. The number of hydrogen-bond acceptors (Lipinski definition) is 2. The number of aryl methyl sites for hydroxylation is 1. The van der Waals surface area contributed by atoms with Crippen molar-refractivity contribution in [3.63, 3.8) is 0 Å². The van der Waals surface area contributed by atoms with Crippen LogP contribution in [0.5, 0.6) is 0 Å². The smallest absolute Gasteiger partial charge is 0.416 e. The topological polar surface area (TPSA) is 25.2 Å². The summed E-state index contributed by atoms with van der Waals surface area (Å²) >= 11 is 0. The summed E-state index contributed by atoms with van der Waals surface area (Å²) in [4.78, 5) is 0. The second-order valence-electron chi connectivity index (χ2n) is 4.67. The second kappa shape index (κ2) is 5.89. The van der Waals surface area contributed by atoms with Crippen molar-refractivity contribution in [3.8, 4) is 0 Å². The molecule has 1 unspecified atom stereocenters. The van der Waals surface area contributed by atoms with Crippen molar-refractivity contribution in [2.24, 2.45) is 0 Å². The molecule has 2 rings (SSSR count). The lowest BCUT2D eigenvalue weighted by Gasteiger charge is -2.18. The zero-order chi connectivity index (χ0) is 15.6. The largest absolute Gasteiger partial charge is 0.464 e. The number of nitrogens with one attached hydrogen (secondary N) is 1. The van der Waals surface area contributed by atoms with E-state index in [1.807, 2.05) is 0 Å². The molecule has 0 spiro atoms. The van der Waals surface area contributed by atoms with E-state index in [1.54, 1.807) is 26.0 Å². The molecule has 1 aromatic heterocycles. The number of furan rings is 1. The zero-order valence-corrected chi connectivity index (χ0v) is 11.6. The summed E-state index contributed by atoms with van der Waals surface area (Å²) in [7, 11) is 0. The standard InChI is InChI=1S/C15H15F4NO/c1-3-20-14(13-7-4-9(2)21-13)11-8-10(15(17,18)19)5-6-12(11)16/h4-8,14,20H,3H2,1-2H3. The molecule has 0 saturated heterocycles. The van der Waals surface area contributed by atoms with Crippen LogP contribution in [0.1, 0.15) is 35.6 Å². The van der Waals surface area contributed by atoms with Gasteiger partial charge in [0.15, 0.2) is 0 Å². The first-order chi connectivity index (χ1) is 9.82. The maximum Gasteiger partial charge on any atom is 0.416 e. The van der Waals surface area contributed by atoms with Crippen molar-refractivity contribution in [3.05, 3.63) is 58.8 Å². The van der Waals surface area contributed by atoms with Crippen molar-refractivity contribution in [1.82, 2.24) is 5.32 Å². The van der Waals surface area contributed by atoms with Crippen LogP contribution in [0.15, 0.2) is 34.7 Å². The van der Waals surface area contributed by atoms with Gasteiger partial charge in [-0.3, -0.25) is 0 Å². The Morgan fingerprint density at radius 1 is 1.19 bits per heavy atom. The minimum absolute atomic E-state index is 0.0824. The molecule has 0 aliphatic carbocycles. The third kappa shape index (κ3) is 3.44. The molecule has 0 radical (unpaired) electrons. The van der Waals surface area contributed by atoms with Gasteiger partial charge in [-0.15, -0.1) is 0 Å². The Bertz CT molecular complexity index is 618. The molecule has 0 bridgehead atoms. The van der Waals surface area contributed by atoms with Crippen molar-refractivity contribution < 1.29 is 22.0 Å². The van der Waals surface area contributed by atoms with Gasteiger partial charge in [0.1, 0.15) is 17.3 Å². The second-order valence-corrected chi connectivity index (χ2v) is 4.67. The summed E-state index contributed by atoms with van der Waals surface area (Å²) in [6.45, 7) is 3.96. The summed E-state index contributed by atoms with van der Waals surface area (Å²) in [5, 5.41) is 2.95. The first-order valence-corrected chi connectivity index (χ1v) is 6.49. The quantitative estimate of drug-likeness (QED) is 0.844. The fourth-order valence-electron chi connectivity index (χ4n) is 2.12. The van der Waals surface area contributed by atoms with Crippen LogP contribution in [-0.2, 0) is 6.18 Å². The molecule has 0 amide bonds. The summed E-state index contributed by atoms with van der Waals surface area (Å²) in [5.41, 5.74) is -0.967. The fourth-order valence-corrected chi connectivity index (χ4v) is 2.12. The van der Waals surface area contributed by atoms with Gasteiger partial charge in [-0.1, -0.05) is 6.92 Å². The lowest BCUT2D eigenvalue weighted by atomic mass is 10.0. The molecule has 1 heterocycles. The Labute approximate surface area is 119 Å².